The highest BCUT2D eigenvalue weighted by Crippen LogP contribution is 2.19. The van der Waals surface area contributed by atoms with Crippen molar-refractivity contribution in [1.29, 1.82) is 0 Å². The molecule has 1 aromatic carbocycles. The molecule has 1 N–H and O–H groups in total. The molecule has 0 spiro atoms. The van der Waals surface area contributed by atoms with Crippen LogP contribution in [0, 0.1) is 5.92 Å². The number of hydrogen-bond acceptors (Lipinski definition) is 2. The summed E-state index contributed by atoms with van der Waals surface area (Å²) in [5, 5.41) is 3.75. The van der Waals surface area contributed by atoms with Crippen LogP contribution in [0.5, 0.6) is 0 Å². The second kappa shape index (κ2) is 7.95. The third kappa shape index (κ3) is 4.55. The minimum absolute atomic E-state index is 0.632. The van der Waals surface area contributed by atoms with Gasteiger partial charge in [-0.2, -0.15) is 0 Å². The second-order valence-corrected chi connectivity index (χ2v) is 6.80. The number of nitrogens with one attached hydrogen (secondary N) is 1. The van der Waals surface area contributed by atoms with Gasteiger partial charge in [0, 0.05) is 31.7 Å². The van der Waals surface area contributed by atoms with Gasteiger partial charge in [0.2, 0.25) is 0 Å². The average Bonchev–Trinajstić information content (AvgIpc) is 2.50. The molecule has 1 aromatic rings. The van der Waals surface area contributed by atoms with E-state index < -0.39 is 0 Å². The van der Waals surface area contributed by atoms with Crippen molar-refractivity contribution >= 4 is 0 Å². The summed E-state index contributed by atoms with van der Waals surface area (Å²) in [4.78, 5) is 2.70. The molecular weight excluding hydrogens is 256 g/mol. The van der Waals surface area contributed by atoms with Crippen LogP contribution < -0.4 is 5.32 Å². The standard InChI is InChI=1S/C19H32N2/c1-5-7-18-12-20-19(15(3)4)14-21(18)13-17-10-8-16(6-2)9-11-17/h8-11,15,18-20H,5-7,12-14H2,1-4H3. The molecule has 1 fully saturated rings. The van der Waals surface area contributed by atoms with E-state index in [1.165, 1.54) is 30.5 Å². The van der Waals surface area contributed by atoms with Crippen molar-refractivity contribution in [2.24, 2.45) is 5.92 Å². The second-order valence-electron chi connectivity index (χ2n) is 6.80. The van der Waals surface area contributed by atoms with Gasteiger partial charge in [-0.3, -0.25) is 4.90 Å². The molecule has 1 heterocycles. The van der Waals surface area contributed by atoms with E-state index in [0.717, 1.165) is 19.5 Å². The number of piperazine rings is 1. The third-order valence-electron chi connectivity index (χ3n) is 4.81. The number of rotatable bonds is 6. The van der Waals surface area contributed by atoms with E-state index in [9.17, 15) is 0 Å². The minimum atomic E-state index is 0.632. The van der Waals surface area contributed by atoms with Gasteiger partial charge in [0.05, 0.1) is 0 Å². The molecule has 2 unspecified atom stereocenters. The highest BCUT2D eigenvalue weighted by molar-refractivity contribution is 5.22. The first-order valence-corrected chi connectivity index (χ1v) is 8.69. The molecule has 21 heavy (non-hydrogen) atoms. The molecule has 1 aliphatic rings. The smallest absolute Gasteiger partial charge is 0.0237 e. The Bertz CT molecular complexity index is 410. The van der Waals surface area contributed by atoms with E-state index in [0.29, 0.717) is 18.0 Å². The lowest BCUT2D eigenvalue weighted by Gasteiger charge is -2.42. The monoisotopic (exact) mass is 288 g/mol. The van der Waals surface area contributed by atoms with Crippen molar-refractivity contribution in [2.45, 2.75) is 65.6 Å². The molecule has 0 aromatic heterocycles. The summed E-state index contributed by atoms with van der Waals surface area (Å²) in [7, 11) is 0. The summed E-state index contributed by atoms with van der Waals surface area (Å²) in [6, 6.07) is 10.5. The van der Waals surface area contributed by atoms with Gasteiger partial charge in [-0.25, -0.2) is 0 Å². The van der Waals surface area contributed by atoms with Gasteiger partial charge in [0.1, 0.15) is 0 Å². The molecule has 0 radical (unpaired) electrons. The summed E-state index contributed by atoms with van der Waals surface area (Å²) in [5.41, 5.74) is 2.89. The van der Waals surface area contributed by atoms with Crippen molar-refractivity contribution in [3.05, 3.63) is 35.4 Å². The molecule has 2 atom stereocenters. The van der Waals surface area contributed by atoms with Crippen LogP contribution in [0.1, 0.15) is 51.7 Å². The van der Waals surface area contributed by atoms with Crippen LogP contribution in [0.3, 0.4) is 0 Å². The highest BCUT2D eigenvalue weighted by Gasteiger charge is 2.28. The molecule has 0 amide bonds. The molecule has 2 nitrogen and oxygen atoms in total. The summed E-state index contributed by atoms with van der Waals surface area (Å²) < 4.78 is 0. The first-order valence-electron chi connectivity index (χ1n) is 8.69. The largest absolute Gasteiger partial charge is 0.311 e. The van der Waals surface area contributed by atoms with Crippen LogP contribution in [0.15, 0.2) is 24.3 Å². The Morgan fingerprint density at radius 2 is 1.81 bits per heavy atom. The van der Waals surface area contributed by atoms with Gasteiger partial charge in [-0.05, 0) is 29.9 Å². The molecule has 118 valence electrons. The predicted octanol–water partition coefficient (Wildman–Crippen LogP) is 3.85. The van der Waals surface area contributed by atoms with Gasteiger partial charge in [0.25, 0.3) is 0 Å². The number of benzene rings is 1. The van der Waals surface area contributed by atoms with Crippen LogP contribution in [-0.4, -0.2) is 30.1 Å². The summed E-state index contributed by atoms with van der Waals surface area (Å²) in [6.07, 6.45) is 3.69. The third-order valence-corrected chi connectivity index (χ3v) is 4.81. The van der Waals surface area contributed by atoms with Crippen LogP contribution in [0.25, 0.3) is 0 Å². The topological polar surface area (TPSA) is 15.3 Å². The molecule has 0 saturated carbocycles. The maximum Gasteiger partial charge on any atom is 0.0237 e. The lowest BCUT2D eigenvalue weighted by Crippen LogP contribution is -2.57. The first-order chi connectivity index (χ1) is 10.1. The van der Waals surface area contributed by atoms with E-state index in [1.54, 1.807) is 0 Å². The zero-order valence-corrected chi connectivity index (χ0v) is 14.2. The lowest BCUT2D eigenvalue weighted by molar-refractivity contribution is 0.0997. The Hall–Kier alpha value is -0.860. The zero-order chi connectivity index (χ0) is 15.2. The van der Waals surface area contributed by atoms with E-state index >= 15 is 0 Å². The zero-order valence-electron chi connectivity index (χ0n) is 14.2. The Balaban J connectivity index is 2.03. The minimum Gasteiger partial charge on any atom is -0.311 e. The lowest BCUT2D eigenvalue weighted by atomic mass is 9.97. The fourth-order valence-electron chi connectivity index (χ4n) is 3.26. The number of aryl methyl sites for hydroxylation is 1. The van der Waals surface area contributed by atoms with Crippen molar-refractivity contribution in [3.63, 3.8) is 0 Å². The molecule has 0 aliphatic carbocycles. The van der Waals surface area contributed by atoms with Gasteiger partial charge in [-0.15, -0.1) is 0 Å². The Morgan fingerprint density at radius 3 is 2.38 bits per heavy atom. The highest BCUT2D eigenvalue weighted by atomic mass is 15.2. The van der Waals surface area contributed by atoms with E-state index in [-0.39, 0.29) is 0 Å². The fraction of sp³-hybridized carbons (Fsp3) is 0.684. The molecule has 1 aliphatic heterocycles. The van der Waals surface area contributed by atoms with E-state index in [1.807, 2.05) is 0 Å². The van der Waals surface area contributed by atoms with Crippen LogP contribution in [0.4, 0.5) is 0 Å². The summed E-state index contributed by atoms with van der Waals surface area (Å²) in [6.45, 7) is 12.6. The average molecular weight is 288 g/mol. The number of nitrogens with zero attached hydrogens (tertiary/aromatic N) is 1. The van der Waals surface area contributed by atoms with Crippen LogP contribution >= 0.6 is 0 Å². The molecule has 2 heteroatoms. The Labute approximate surface area is 130 Å². The van der Waals surface area contributed by atoms with Crippen molar-refractivity contribution in [1.82, 2.24) is 10.2 Å². The molecule has 1 saturated heterocycles. The molecule has 2 rings (SSSR count). The Morgan fingerprint density at radius 1 is 1.14 bits per heavy atom. The maximum absolute atomic E-state index is 3.75. The van der Waals surface area contributed by atoms with Gasteiger partial charge < -0.3 is 5.32 Å². The van der Waals surface area contributed by atoms with Crippen molar-refractivity contribution < 1.29 is 0 Å². The maximum atomic E-state index is 3.75. The summed E-state index contributed by atoms with van der Waals surface area (Å²) in [5.74, 6) is 0.706. The molecular formula is C19H32N2. The first kappa shape index (κ1) is 16.5. The van der Waals surface area contributed by atoms with Crippen LogP contribution in [-0.2, 0) is 13.0 Å². The fourth-order valence-corrected chi connectivity index (χ4v) is 3.26. The summed E-state index contributed by atoms with van der Waals surface area (Å²) >= 11 is 0. The van der Waals surface area contributed by atoms with E-state index in [4.69, 9.17) is 0 Å². The van der Waals surface area contributed by atoms with Gasteiger partial charge >= 0.3 is 0 Å². The van der Waals surface area contributed by atoms with Crippen LogP contribution in [0.2, 0.25) is 0 Å². The van der Waals surface area contributed by atoms with Crippen molar-refractivity contribution in [2.75, 3.05) is 13.1 Å². The van der Waals surface area contributed by atoms with Crippen molar-refractivity contribution in [3.8, 4) is 0 Å². The Kier molecular flexibility index (Phi) is 6.25. The van der Waals surface area contributed by atoms with Gasteiger partial charge in [0.15, 0.2) is 0 Å². The van der Waals surface area contributed by atoms with Gasteiger partial charge in [-0.1, -0.05) is 58.4 Å². The van der Waals surface area contributed by atoms with E-state index in [2.05, 4.69) is 62.2 Å². The SMILES string of the molecule is CCCC1CNC(C(C)C)CN1Cc1ccc(CC)cc1. The quantitative estimate of drug-likeness (QED) is 0.855. The normalized spacial score (nSPS) is 23.7. The number of hydrogen-bond donors (Lipinski definition) is 1. The molecule has 0 bridgehead atoms. The predicted molar refractivity (Wildman–Crippen MR) is 91.6 cm³/mol.